The Kier molecular flexibility index (Phi) is 6.80. The number of amides is 1. The van der Waals surface area contributed by atoms with E-state index in [2.05, 4.69) is 10.1 Å². The lowest BCUT2D eigenvalue weighted by atomic mass is 10.1. The SMILES string of the molecule is NC(O)c1cn(CC(O)N2CCCC2C(=O)Nc2cccc(OC(F)(F)F)c2)c2ccccc12. The molecule has 0 spiro atoms. The van der Waals surface area contributed by atoms with Crippen LogP contribution in [0.5, 0.6) is 5.75 Å². The lowest BCUT2D eigenvalue weighted by Gasteiger charge is -2.29. The van der Waals surface area contributed by atoms with Gasteiger partial charge in [0, 0.05) is 41.0 Å². The normalized spacial score (nSPS) is 18.7. The van der Waals surface area contributed by atoms with Crippen LogP contribution < -0.4 is 15.8 Å². The second-order valence-corrected chi connectivity index (χ2v) is 8.14. The van der Waals surface area contributed by atoms with Crippen LogP contribution in [0.4, 0.5) is 18.9 Å². The van der Waals surface area contributed by atoms with E-state index in [0.29, 0.717) is 24.9 Å². The number of nitrogens with one attached hydrogen (secondary N) is 1. The van der Waals surface area contributed by atoms with Gasteiger partial charge in [0.15, 0.2) is 0 Å². The minimum atomic E-state index is -4.84. The highest BCUT2D eigenvalue weighted by Gasteiger charge is 2.35. The van der Waals surface area contributed by atoms with Gasteiger partial charge in [0.25, 0.3) is 0 Å². The zero-order chi connectivity index (χ0) is 24.5. The Morgan fingerprint density at radius 2 is 1.97 bits per heavy atom. The van der Waals surface area contributed by atoms with Gasteiger partial charge in [-0.1, -0.05) is 24.3 Å². The predicted molar refractivity (Wildman–Crippen MR) is 119 cm³/mol. The average Bonchev–Trinajstić information content (AvgIpc) is 3.38. The number of rotatable bonds is 7. The summed E-state index contributed by atoms with van der Waals surface area (Å²) in [6.45, 7) is 0.605. The molecule has 2 heterocycles. The van der Waals surface area contributed by atoms with Gasteiger partial charge in [-0.2, -0.15) is 0 Å². The molecular weight excluding hydrogens is 453 g/mol. The Bertz CT molecular complexity index is 1160. The molecule has 0 aliphatic carbocycles. The molecule has 0 radical (unpaired) electrons. The first-order chi connectivity index (χ1) is 16.1. The molecule has 3 unspecified atom stereocenters. The summed E-state index contributed by atoms with van der Waals surface area (Å²) in [5.74, 6) is -0.873. The van der Waals surface area contributed by atoms with Crippen molar-refractivity contribution in [3.8, 4) is 5.75 Å². The van der Waals surface area contributed by atoms with Crippen molar-refractivity contribution in [1.29, 1.82) is 0 Å². The number of aliphatic hydroxyl groups excluding tert-OH is 2. The van der Waals surface area contributed by atoms with Crippen LogP contribution in [0, 0.1) is 0 Å². The first kappa shape index (κ1) is 24.0. The number of likely N-dealkylation sites (tertiary alicyclic amines) is 1. The van der Waals surface area contributed by atoms with Crippen LogP contribution >= 0.6 is 0 Å². The second-order valence-electron chi connectivity index (χ2n) is 8.14. The predicted octanol–water partition coefficient (Wildman–Crippen LogP) is 2.91. The molecular formula is C23H25F3N4O4. The van der Waals surface area contributed by atoms with Crippen molar-refractivity contribution in [3.05, 3.63) is 60.3 Å². The average molecular weight is 478 g/mol. The number of nitrogens with two attached hydrogens (primary N) is 1. The fraction of sp³-hybridized carbons (Fsp3) is 0.348. The minimum Gasteiger partial charge on any atom is -0.406 e. The van der Waals surface area contributed by atoms with Gasteiger partial charge in [-0.05, 0) is 31.0 Å². The van der Waals surface area contributed by atoms with E-state index in [-0.39, 0.29) is 12.2 Å². The maximum atomic E-state index is 12.9. The summed E-state index contributed by atoms with van der Waals surface area (Å²) in [5, 5.41) is 24.2. The number of alkyl halides is 3. The monoisotopic (exact) mass is 478 g/mol. The number of carbonyl (C=O) groups excluding carboxylic acids is 1. The van der Waals surface area contributed by atoms with Crippen molar-refractivity contribution >= 4 is 22.5 Å². The molecule has 182 valence electrons. The first-order valence-electron chi connectivity index (χ1n) is 10.7. The van der Waals surface area contributed by atoms with Crippen LogP contribution in [-0.4, -0.2) is 50.8 Å². The van der Waals surface area contributed by atoms with Gasteiger partial charge in [-0.25, -0.2) is 0 Å². The molecule has 0 saturated carbocycles. The third kappa shape index (κ3) is 5.33. The Balaban J connectivity index is 1.47. The van der Waals surface area contributed by atoms with Gasteiger partial charge >= 0.3 is 6.36 Å². The standard InChI is InChI=1S/C23H25F3N4O4/c24-23(25,26)34-15-6-3-5-14(11-15)28-22(33)19-9-4-10-30(19)20(31)13-29-12-17(21(27)32)16-7-1-2-8-18(16)29/h1-3,5-8,11-12,19-21,31-32H,4,9-10,13,27H2,(H,28,33). The highest BCUT2D eigenvalue weighted by atomic mass is 19.4. The molecule has 1 saturated heterocycles. The molecule has 8 nitrogen and oxygen atoms in total. The van der Waals surface area contributed by atoms with Crippen LogP contribution in [0.25, 0.3) is 10.9 Å². The van der Waals surface area contributed by atoms with Crippen molar-refractivity contribution in [1.82, 2.24) is 9.47 Å². The molecule has 2 aromatic carbocycles. The molecule has 5 N–H and O–H groups in total. The number of hydrogen-bond acceptors (Lipinski definition) is 6. The Morgan fingerprint density at radius 3 is 2.71 bits per heavy atom. The lowest BCUT2D eigenvalue weighted by Crippen LogP contribution is -2.47. The number of halogens is 3. The molecule has 0 bridgehead atoms. The van der Waals surface area contributed by atoms with Gasteiger partial charge < -0.3 is 30.6 Å². The molecule has 34 heavy (non-hydrogen) atoms. The van der Waals surface area contributed by atoms with Gasteiger partial charge in [-0.3, -0.25) is 9.69 Å². The molecule has 1 aromatic heterocycles. The number of fused-ring (bicyclic) bond motifs is 1. The quantitative estimate of drug-likeness (QED) is 0.389. The molecule has 1 fully saturated rings. The molecule has 3 aromatic rings. The number of anilines is 1. The molecule has 1 aliphatic heterocycles. The lowest BCUT2D eigenvalue weighted by molar-refractivity contribution is -0.274. The second kappa shape index (κ2) is 9.63. The third-order valence-electron chi connectivity index (χ3n) is 5.81. The van der Waals surface area contributed by atoms with E-state index in [4.69, 9.17) is 5.73 Å². The molecule has 1 aliphatic rings. The summed E-state index contributed by atoms with van der Waals surface area (Å²) in [5.41, 5.74) is 7.14. The first-order valence-corrected chi connectivity index (χ1v) is 10.7. The maximum absolute atomic E-state index is 12.9. The third-order valence-corrected chi connectivity index (χ3v) is 5.81. The fourth-order valence-electron chi connectivity index (χ4n) is 4.37. The number of benzene rings is 2. The van der Waals surface area contributed by atoms with E-state index in [1.807, 2.05) is 24.3 Å². The molecule has 1 amide bonds. The summed E-state index contributed by atoms with van der Waals surface area (Å²) in [4.78, 5) is 14.6. The van der Waals surface area contributed by atoms with Crippen molar-refractivity contribution in [2.45, 2.75) is 44.2 Å². The van der Waals surface area contributed by atoms with E-state index in [9.17, 15) is 28.2 Å². The zero-order valence-corrected chi connectivity index (χ0v) is 18.1. The van der Waals surface area contributed by atoms with Crippen molar-refractivity contribution in [3.63, 3.8) is 0 Å². The smallest absolute Gasteiger partial charge is 0.406 e. The number of para-hydroxylation sites is 1. The largest absolute Gasteiger partial charge is 0.573 e. The number of nitrogens with zero attached hydrogens (tertiary/aromatic N) is 2. The van der Waals surface area contributed by atoms with Gasteiger partial charge in [-0.15, -0.1) is 13.2 Å². The topological polar surface area (TPSA) is 113 Å². The number of aliphatic hydroxyl groups is 2. The van der Waals surface area contributed by atoms with Crippen molar-refractivity contribution in [2.24, 2.45) is 5.73 Å². The van der Waals surface area contributed by atoms with E-state index in [1.54, 1.807) is 15.7 Å². The Labute approximate surface area is 193 Å². The highest BCUT2D eigenvalue weighted by Crippen LogP contribution is 2.28. The maximum Gasteiger partial charge on any atom is 0.573 e. The van der Waals surface area contributed by atoms with Crippen LogP contribution in [0.2, 0.25) is 0 Å². The van der Waals surface area contributed by atoms with E-state index in [0.717, 1.165) is 23.0 Å². The number of ether oxygens (including phenoxy) is 1. The number of aromatic nitrogens is 1. The van der Waals surface area contributed by atoms with E-state index in [1.165, 1.54) is 12.1 Å². The Hall–Kier alpha value is -3.12. The van der Waals surface area contributed by atoms with E-state index >= 15 is 0 Å². The zero-order valence-electron chi connectivity index (χ0n) is 18.1. The summed E-state index contributed by atoms with van der Waals surface area (Å²) in [6, 6.07) is 11.7. The van der Waals surface area contributed by atoms with Crippen molar-refractivity contribution in [2.75, 3.05) is 11.9 Å². The Morgan fingerprint density at radius 1 is 1.21 bits per heavy atom. The fourth-order valence-corrected chi connectivity index (χ4v) is 4.37. The highest BCUT2D eigenvalue weighted by molar-refractivity contribution is 5.95. The van der Waals surface area contributed by atoms with Crippen LogP contribution in [0.3, 0.4) is 0 Å². The van der Waals surface area contributed by atoms with Crippen LogP contribution in [0.15, 0.2) is 54.7 Å². The summed E-state index contributed by atoms with van der Waals surface area (Å²) < 4.78 is 43.1. The minimum absolute atomic E-state index is 0.131. The van der Waals surface area contributed by atoms with Gasteiger partial charge in [0.2, 0.25) is 5.91 Å². The number of carbonyl (C=O) groups is 1. The summed E-state index contributed by atoms with van der Waals surface area (Å²) in [7, 11) is 0. The van der Waals surface area contributed by atoms with Crippen molar-refractivity contribution < 1.29 is 32.9 Å². The van der Waals surface area contributed by atoms with Crippen LogP contribution in [-0.2, 0) is 11.3 Å². The van der Waals surface area contributed by atoms with Gasteiger partial charge in [0.05, 0.1) is 12.6 Å². The molecule has 4 rings (SSSR count). The summed E-state index contributed by atoms with van der Waals surface area (Å²) >= 11 is 0. The molecule has 11 heteroatoms. The van der Waals surface area contributed by atoms with E-state index < -0.39 is 36.5 Å². The number of hydrogen-bond donors (Lipinski definition) is 4. The summed E-state index contributed by atoms with van der Waals surface area (Å²) in [6.07, 6.45) is -4.19. The molecule has 3 atom stereocenters. The van der Waals surface area contributed by atoms with Crippen LogP contribution in [0.1, 0.15) is 24.6 Å². The van der Waals surface area contributed by atoms with Gasteiger partial charge in [0.1, 0.15) is 18.2 Å².